The lowest BCUT2D eigenvalue weighted by Gasteiger charge is -2.32. The molecule has 2 atom stereocenters. The molecule has 0 radical (unpaired) electrons. The minimum absolute atomic E-state index is 0.00346. The third kappa shape index (κ3) is 11.7. The zero-order valence-electron chi connectivity index (χ0n) is 33.6. The van der Waals surface area contributed by atoms with E-state index >= 15 is 0 Å². The molecule has 0 amide bonds. The Balaban J connectivity index is 1.45. The maximum atomic E-state index is 13.2. The molecule has 18 nitrogen and oxygen atoms in total. The molecular formula is C42H40O18. The fourth-order valence-corrected chi connectivity index (χ4v) is 5.08. The van der Waals surface area contributed by atoms with E-state index in [9.17, 15) is 19.2 Å². The number of hydrogen-bond donors (Lipinski definition) is 0. The van der Waals surface area contributed by atoms with Crippen LogP contribution in [0.25, 0.3) is 0 Å². The molecule has 0 saturated carbocycles. The molecule has 1 fully saturated rings. The predicted molar refractivity (Wildman–Crippen MR) is 205 cm³/mol. The molecule has 60 heavy (non-hydrogen) atoms. The smallest absolute Gasteiger partial charge is 0.493 e. The lowest BCUT2D eigenvalue weighted by molar-refractivity contribution is -0.199. The number of methoxy groups -OCH3 is 4. The van der Waals surface area contributed by atoms with Gasteiger partial charge in [-0.15, -0.1) is 0 Å². The lowest BCUT2D eigenvalue weighted by Crippen LogP contribution is -2.39. The van der Waals surface area contributed by atoms with Gasteiger partial charge in [0.15, 0.2) is 46.0 Å². The summed E-state index contributed by atoms with van der Waals surface area (Å²) in [6.07, 6.45) is -8.03. The van der Waals surface area contributed by atoms with Crippen molar-refractivity contribution in [1.29, 1.82) is 0 Å². The van der Waals surface area contributed by atoms with Gasteiger partial charge >= 0.3 is 37.2 Å². The zero-order chi connectivity index (χ0) is 43.3. The van der Waals surface area contributed by atoms with Crippen molar-refractivity contribution in [3.05, 3.63) is 119 Å². The normalized spacial score (nSPS) is 15.6. The Kier molecular flexibility index (Phi) is 14.5. The molecule has 0 aromatic heterocycles. The Morgan fingerprint density at radius 2 is 0.683 bits per heavy atom. The van der Waals surface area contributed by atoms with Gasteiger partial charge in [0.1, 0.15) is 12.5 Å². The molecule has 316 valence electrons. The molecular weight excluding hydrogens is 792 g/mol. The van der Waals surface area contributed by atoms with Gasteiger partial charge < -0.3 is 66.3 Å². The van der Waals surface area contributed by atoms with E-state index < -0.39 is 48.7 Å². The quantitative estimate of drug-likeness (QED) is 0.0569. The Labute approximate surface area is 343 Å². The average Bonchev–Trinajstić information content (AvgIpc) is 3.22. The number of aryl methyl sites for hydroxylation is 4. The second kappa shape index (κ2) is 20.1. The summed E-state index contributed by atoms with van der Waals surface area (Å²) < 4.78 is 75.1. The molecule has 1 aliphatic heterocycles. The summed E-state index contributed by atoms with van der Waals surface area (Å²) in [6.45, 7) is 7.20. The van der Waals surface area contributed by atoms with Crippen molar-refractivity contribution in [3.63, 3.8) is 0 Å². The zero-order valence-corrected chi connectivity index (χ0v) is 33.6. The third-order valence-electron chi connectivity index (χ3n) is 7.95. The first kappa shape index (κ1) is 43.4. The van der Waals surface area contributed by atoms with Crippen LogP contribution in [0.1, 0.15) is 22.3 Å². The maximum absolute atomic E-state index is 13.2. The van der Waals surface area contributed by atoms with Crippen LogP contribution in [0.5, 0.6) is 46.0 Å². The van der Waals surface area contributed by atoms with Gasteiger partial charge in [-0.1, -0.05) is 24.3 Å². The van der Waals surface area contributed by atoms with Crippen LogP contribution < -0.4 is 37.9 Å². The van der Waals surface area contributed by atoms with Crippen LogP contribution in [-0.2, 0) is 28.4 Å². The number of benzene rings is 4. The molecule has 1 heterocycles. The van der Waals surface area contributed by atoms with Crippen LogP contribution in [0.15, 0.2) is 96.8 Å². The highest BCUT2D eigenvalue weighted by Gasteiger charge is 2.40. The van der Waals surface area contributed by atoms with Gasteiger partial charge in [-0.3, -0.25) is 0 Å². The van der Waals surface area contributed by atoms with Gasteiger partial charge in [-0.05, 0) is 98.5 Å². The molecule has 5 rings (SSSR count). The van der Waals surface area contributed by atoms with Gasteiger partial charge in [-0.25, -0.2) is 19.2 Å². The van der Waals surface area contributed by atoms with E-state index in [2.05, 4.69) is 0 Å². The highest BCUT2D eigenvalue weighted by molar-refractivity contribution is 5.68. The van der Waals surface area contributed by atoms with Gasteiger partial charge in [0, 0.05) is 0 Å². The predicted octanol–water partition coefficient (Wildman–Crippen LogP) is 8.50. The van der Waals surface area contributed by atoms with E-state index in [-0.39, 0.29) is 46.0 Å². The highest BCUT2D eigenvalue weighted by Crippen LogP contribution is 2.34. The third-order valence-corrected chi connectivity index (χ3v) is 7.95. The second-order valence-corrected chi connectivity index (χ2v) is 12.4. The van der Waals surface area contributed by atoms with Gasteiger partial charge in [-0.2, -0.15) is 0 Å². The van der Waals surface area contributed by atoms with E-state index in [4.69, 9.17) is 66.3 Å². The molecule has 0 bridgehead atoms. The van der Waals surface area contributed by atoms with E-state index in [1.807, 2.05) is 0 Å². The standard InChI is InChI=1S/C42H40O18/c1-23-9-13-27(31(17-23)47-5)55-39(43)51-21-35-37(59-41(45)57-29-15-11-25(3)19-33(29)49-7)54-36(22-52-40(44)56-28-14-10-24(2)18-32(28)48-6)38(53-35)60-42(46)58-30-16-12-26(4)20-34(30)50-8/h9-22,37-38H,1-8H3/b35-21-,36-22-. The first-order valence-corrected chi connectivity index (χ1v) is 17.6. The van der Waals surface area contributed by atoms with E-state index in [0.717, 1.165) is 22.3 Å². The minimum atomic E-state index is -1.98. The SMILES string of the molecule is COc1cc(C)ccc1OC(=O)O/C=C1\OC(OC(=O)Oc2ccc(C)cc2OC)/C(=C/OC(=O)Oc2ccc(C)cc2OC)OC1OC(=O)Oc1ccc(C)cc1OC. The average molecular weight is 833 g/mol. The summed E-state index contributed by atoms with van der Waals surface area (Å²) in [5, 5.41) is 0. The van der Waals surface area contributed by atoms with Gasteiger partial charge in [0.25, 0.3) is 0 Å². The molecule has 2 unspecified atom stereocenters. The summed E-state index contributed by atoms with van der Waals surface area (Å²) in [4.78, 5) is 52.2. The van der Waals surface area contributed by atoms with E-state index in [1.165, 1.54) is 52.7 Å². The van der Waals surface area contributed by atoms with Gasteiger partial charge in [0.05, 0.1) is 28.4 Å². The largest absolute Gasteiger partial charge is 0.519 e. The summed E-state index contributed by atoms with van der Waals surface area (Å²) in [5.74, 6) is -0.454. The monoisotopic (exact) mass is 832 g/mol. The molecule has 0 spiro atoms. The van der Waals surface area contributed by atoms with Crippen molar-refractivity contribution in [2.45, 2.75) is 40.3 Å². The number of carbonyl (C=O) groups excluding carboxylic acids is 4. The molecule has 18 heteroatoms. The summed E-state index contributed by atoms with van der Waals surface area (Å²) >= 11 is 0. The highest BCUT2D eigenvalue weighted by atomic mass is 16.9. The molecule has 0 aliphatic carbocycles. The Bertz CT molecular complexity index is 2120. The summed E-state index contributed by atoms with van der Waals surface area (Å²) in [6, 6.07) is 18.9. The van der Waals surface area contributed by atoms with E-state index in [1.54, 1.807) is 76.2 Å². The molecule has 0 N–H and O–H groups in total. The molecule has 1 aliphatic rings. The van der Waals surface area contributed by atoms with Crippen LogP contribution in [0, 0.1) is 27.7 Å². The van der Waals surface area contributed by atoms with Crippen molar-refractivity contribution in [2.24, 2.45) is 0 Å². The molecule has 4 aromatic rings. The Hall–Kier alpha value is -7.76. The lowest BCUT2D eigenvalue weighted by atomic mass is 10.2. The number of ether oxygens (including phenoxy) is 14. The van der Waals surface area contributed by atoms with Crippen LogP contribution in [-0.4, -0.2) is 65.6 Å². The Morgan fingerprint density at radius 3 is 0.950 bits per heavy atom. The minimum Gasteiger partial charge on any atom is -0.493 e. The number of hydrogen-bond acceptors (Lipinski definition) is 18. The van der Waals surface area contributed by atoms with Gasteiger partial charge in [0.2, 0.25) is 11.5 Å². The summed E-state index contributed by atoms with van der Waals surface area (Å²) in [7, 11) is 5.49. The van der Waals surface area contributed by atoms with Crippen LogP contribution in [0.4, 0.5) is 19.2 Å². The maximum Gasteiger partial charge on any atom is 0.519 e. The summed E-state index contributed by atoms with van der Waals surface area (Å²) in [5.41, 5.74) is 3.24. The fraction of sp³-hybridized carbons (Fsp3) is 0.238. The topological polar surface area (TPSA) is 197 Å². The number of rotatable bonds is 12. The van der Waals surface area contributed by atoms with Crippen molar-refractivity contribution < 1.29 is 85.5 Å². The van der Waals surface area contributed by atoms with Crippen molar-refractivity contribution in [2.75, 3.05) is 28.4 Å². The van der Waals surface area contributed by atoms with Crippen molar-refractivity contribution >= 4 is 24.6 Å². The van der Waals surface area contributed by atoms with E-state index in [0.29, 0.717) is 12.5 Å². The van der Waals surface area contributed by atoms with Crippen molar-refractivity contribution in [3.8, 4) is 46.0 Å². The second-order valence-electron chi connectivity index (χ2n) is 12.4. The Morgan fingerprint density at radius 1 is 0.417 bits per heavy atom. The molecule has 1 saturated heterocycles. The number of carbonyl (C=O) groups is 4. The van der Waals surface area contributed by atoms with Crippen molar-refractivity contribution in [1.82, 2.24) is 0 Å². The van der Waals surface area contributed by atoms with Crippen LogP contribution in [0.2, 0.25) is 0 Å². The fourth-order valence-electron chi connectivity index (χ4n) is 5.08. The molecule has 4 aromatic carbocycles. The van der Waals surface area contributed by atoms with Crippen LogP contribution >= 0.6 is 0 Å². The first-order chi connectivity index (χ1) is 28.8. The first-order valence-electron chi connectivity index (χ1n) is 17.6. The van der Waals surface area contributed by atoms with Crippen LogP contribution in [0.3, 0.4) is 0 Å².